The lowest BCUT2D eigenvalue weighted by atomic mass is 9.99. The largest absolute Gasteiger partial charge is 0.320 e. The van der Waals surface area contributed by atoms with Gasteiger partial charge in [0.15, 0.2) is 0 Å². The van der Waals surface area contributed by atoms with Gasteiger partial charge in [0.05, 0.1) is 11.6 Å². The molecule has 0 saturated carbocycles. The van der Waals surface area contributed by atoms with Crippen molar-refractivity contribution in [1.29, 1.82) is 0 Å². The normalized spacial score (nSPS) is 12.1. The summed E-state index contributed by atoms with van der Waals surface area (Å²) in [6.45, 7) is 0. The van der Waals surface area contributed by atoms with Crippen molar-refractivity contribution >= 4 is 34.6 Å². The molecule has 0 bridgehead atoms. The zero-order valence-corrected chi connectivity index (χ0v) is 11.2. The Morgan fingerprint density at radius 3 is 2.72 bits per heavy atom. The Bertz CT molecular complexity index is 632. The molecule has 18 heavy (non-hydrogen) atoms. The smallest absolute Gasteiger partial charge is 0.0705 e. The van der Waals surface area contributed by atoms with Crippen LogP contribution in [0.1, 0.15) is 17.2 Å². The van der Waals surface area contributed by atoms with Crippen LogP contribution < -0.4 is 5.73 Å². The fourth-order valence-electron chi connectivity index (χ4n) is 2.02. The number of halogens is 1. The number of hydrogen-bond donors (Lipinski definition) is 1. The lowest BCUT2D eigenvalue weighted by Crippen LogP contribution is -2.11. The van der Waals surface area contributed by atoms with Gasteiger partial charge in [-0.2, -0.15) is 11.3 Å². The van der Waals surface area contributed by atoms with Crippen LogP contribution in [0.15, 0.2) is 53.4 Å². The van der Waals surface area contributed by atoms with Gasteiger partial charge in [-0.1, -0.05) is 18.2 Å². The summed E-state index contributed by atoms with van der Waals surface area (Å²) in [5, 5.41) is 5.28. The van der Waals surface area contributed by atoms with E-state index in [0.29, 0.717) is 0 Å². The highest BCUT2D eigenvalue weighted by Gasteiger charge is 2.12. The summed E-state index contributed by atoms with van der Waals surface area (Å²) in [5.74, 6) is 0. The lowest BCUT2D eigenvalue weighted by molar-refractivity contribution is 0.884. The van der Waals surface area contributed by atoms with Gasteiger partial charge in [0.25, 0.3) is 0 Å². The third-order valence-corrected chi connectivity index (χ3v) is 3.62. The Labute approximate surface area is 116 Å². The van der Waals surface area contributed by atoms with Crippen LogP contribution in [-0.2, 0) is 0 Å². The van der Waals surface area contributed by atoms with E-state index in [0.717, 1.165) is 22.0 Å². The molecule has 1 atom stereocenters. The molecule has 1 aromatic carbocycles. The van der Waals surface area contributed by atoms with Crippen LogP contribution in [0.25, 0.3) is 10.9 Å². The van der Waals surface area contributed by atoms with Gasteiger partial charge in [-0.25, -0.2) is 0 Å². The van der Waals surface area contributed by atoms with E-state index in [1.807, 2.05) is 30.5 Å². The van der Waals surface area contributed by atoms with E-state index >= 15 is 0 Å². The molecule has 0 fully saturated rings. The van der Waals surface area contributed by atoms with E-state index < -0.39 is 0 Å². The van der Waals surface area contributed by atoms with Gasteiger partial charge in [0.1, 0.15) is 0 Å². The number of para-hydroxylation sites is 1. The van der Waals surface area contributed by atoms with Gasteiger partial charge in [0.2, 0.25) is 0 Å². The number of pyridine rings is 1. The Hall–Kier alpha value is -1.42. The van der Waals surface area contributed by atoms with Gasteiger partial charge in [-0.15, -0.1) is 12.4 Å². The molecule has 0 saturated heterocycles. The fourth-order valence-corrected chi connectivity index (χ4v) is 2.72. The van der Waals surface area contributed by atoms with Crippen molar-refractivity contribution in [2.45, 2.75) is 6.04 Å². The molecule has 0 aliphatic heterocycles. The summed E-state index contributed by atoms with van der Waals surface area (Å²) in [7, 11) is 0. The van der Waals surface area contributed by atoms with Crippen LogP contribution in [-0.4, -0.2) is 4.98 Å². The monoisotopic (exact) mass is 276 g/mol. The predicted octanol–water partition coefficient (Wildman–Crippen LogP) is 3.77. The van der Waals surface area contributed by atoms with Crippen LogP contribution in [0.4, 0.5) is 0 Å². The van der Waals surface area contributed by atoms with Crippen molar-refractivity contribution in [3.05, 3.63) is 64.5 Å². The Kier molecular flexibility index (Phi) is 3.97. The van der Waals surface area contributed by atoms with E-state index in [1.54, 1.807) is 11.3 Å². The molecule has 2 aromatic heterocycles. The zero-order chi connectivity index (χ0) is 11.7. The molecule has 2 N–H and O–H groups in total. The Balaban J connectivity index is 0.00000120. The standard InChI is InChI=1S/C14H12N2S.ClH/c15-14(10-6-8-17-9-10)12-5-7-16-13-4-2-1-3-11(12)13;/h1-9,14H,15H2;1H/t14-;/m0./s1. The van der Waals surface area contributed by atoms with Gasteiger partial charge < -0.3 is 5.73 Å². The van der Waals surface area contributed by atoms with Crippen molar-refractivity contribution in [2.75, 3.05) is 0 Å². The van der Waals surface area contributed by atoms with E-state index in [9.17, 15) is 0 Å². The topological polar surface area (TPSA) is 38.9 Å². The molecule has 2 nitrogen and oxygen atoms in total. The predicted molar refractivity (Wildman–Crippen MR) is 79.3 cm³/mol. The van der Waals surface area contributed by atoms with Crippen molar-refractivity contribution in [3.8, 4) is 0 Å². The average Bonchev–Trinajstić information content (AvgIpc) is 2.91. The molecule has 3 aromatic rings. The zero-order valence-electron chi connectivity index (χ0n) is 9.61. The second-order valence-corrected chi connectivity index (χ2v) is 4.73. The lowest BCUT2D eigenvalue weighted by Gasteiger charge is -2.12. The molecular weight excluding hydrogens is 264 g/mol. The minimum absolute atomic E-state index is 0. The van der Waals surface area contributed by atoms with Crippen LogP contribution in [0.3, 0.4) is 0 Å². The number of hydrogen-bond acceptors (Lipinski definition) is 3. The summed E-state index contributed by atoms with van der Waals surface area (Å²) in [6.07, 6.45) is 1.82. The first-order valence-electron chi connectivity index (χ1n) is 5.47. The van der Waals surface area contributed by atoms with E-state index in [1.165, 1.54) is 0 Å². The number of aromatic nitrogens is 1. The summed E-state index contributed by atoms with van der Waals surface area (Å²) >= 11 is 1.67. The molecule has 0 amide bonds. The van der Waals surface area contributed by atoms with Crippen molar-refractivity contribution in [2.24, 2.45) is 5.73 Å². The molecule has 92 valence electrons. The molecule has 0 spiro atoms. The second kappa shape index (κ2) is 5.48. The minimum Gasteiger partial charge on any atom is -0.320 e. The number of benzene rings is 1. The third-order valence-electron chi connectivity index (χ3n) is 2.92. The van der Waals surface area contributed by atoms with Crippen LogP contribution in [0, 0.1) is 0 Å². The molecular formula is C14H13ClN2S. The number of rotatable bonds is 2. The second-order valence-electron chi connectivity index (χ2n) is 3.95. The number of fused-ring (bicyclic) bond motifs is 1. The molecule has 2 heterocycles. The van der Waals surface area contributed by atoms with Crippen molar-refractivity contribution in [3.63, 3.8) is 0 Å². The molecule has 0 aliphatic rings. The number of nitrogens with two attached hydrogens (primary N) is 1. The van der Waals surface area contributed by atoms with Crippen LogP contribution in [0.5, 0.6) is 0 Å². The van der Waals surface area contributed by atoms with Crippen molar-refractivity contribution < 1.29 is 0 Å². The SMILES string of the molecule is Cl.N[C@@H](c1ccsc1)c1ccnc2ccccc12. The maximum absolute atomic E-state index is 6.31. The van der Waals surface area contributed by atoms with E-state index in [2.05, 4.69) is 27.9 Å². The molecule has 0 radical (unpaired) electrons. The van der Waals surface area contributed by atoms with Crippen molar-refractivity contribution in [1.82, 2.24) is 4.98 Å². The first-order valence-corrected chi connectivity index (χ1v) is 6.42. The minimum atomic E-state index is -0.0749. The Morgan fingerprint density at radius 1 is 1.11 bits per heavy atom. The summed E-state index contributed by atoms with van der Waals surface area (Å²) in [6, 6.07) is 12.1. The molecule has 0 unspecified atom stereocenters. The van der Waals surface area contributed by atoms with Gasteiger partial charge in [-0.05, 0) is 40.1 Å². The fraction of sp³-hybridized carbons (Fsp3) is 0.0714. The highest BCUT2D eigenvalue weighted by atomic mass is 35.5. The maximum Gasteiger partial charge on any atom is 0.0705 e. The molecule has 0 aliphatic carbocycles. The van der Waals surface area contributed by atoms with Crippen LogP contribution >= 0.6 is 23.7 Å². The van der Waals surface area contributed by atoms with Gasteiger partial charge in [-0.3, -0.25) is 4.98 Å². The number of thiophene rings is 1. The van der Waals surface area contributed by atoms with Gasteiger partial charge in [0, 0.05) is 11.6 Å². The summed E-state index contributed by atoms with van der Waals surface area (Å²) in [5.41, 5.74) is 9.59. The van der Waals surface area contributed by atoms with E-state index in [-0.39, 0.29) is 18.4 Å². The quantitative estimate of drug-likeness (QED) is 0.774. The summed E-state index contributed by atoms with van der Waals surface area (Å²) in [4.78, 5) is 4.35. The molecule has 3 rings (SSSR count). The first kappa shape index (κ1) is 13.0. The molecule has 4 heteroatoms. The highest BCUT2D eigenvalue weighted by molar-refractivity contribution is 7.08. The Morgan fingerprint density at radius 2 is 1.94 bits per heavy atom. The highest BCUT2D eigenvalue weighted by Crippen LogP contribution is 2.27. The average molecular weight is 277 g/mol. The maximum atomic E-state index is 6.31. The van der Waals surface area contributed by atoms with E-state index in [4.69, 9.17) is 5.73 Å². The van der Waals surface area contributed by atoms with Gasteiger partial charge >= 0.3 is 0 Å². The first-order chi connectivity index (χ1) is 8.36. The van der Waals surface area contributed by atoms with Crippen LogP contribution in [0.2, 0.25) is 0 Å². The number of nitrogens with zero attached hydrogens (tertiary/aromatic N) is 1. The summed E-state index contributed by atoms with van der Waals surface area (Å²) < 4.78 is 0. The third kappa shape index (κ3) is 2.25.